The summed E-state index contributed by atoms with van der Waals surface area (Å²) < 4.78 is 16.7. The van der Waals surface area contributed by atoms with Crippen LogP contribution in [0.5, 0.6) is 0 Å². The van der Waals surface area contributed by atoms with Crippen molar-refractivity contribution in [1.29, 1.82) is 0 Å². The zero-order valence-electron chi connectivity index (χ0n) is 45.2. The lowest BCUT2D eigenvalue weighted by Gasteiger charge is -2.18. The third-order valence-corrected chi connectivity index (χ3v) is 11.0. The number of carbonyl (C=O) groups excluding carboxylic acids is 3. The molecule has 6 nitrogen and oxygen atoms in total. The monoisotopic (exact) mass is 977 g/mol. The van der Waals surface area contributed by atoms with Crippen LogP contribution in [0.1, 0.15) is 213 Å². The molecular formula is C65H100O6. The highest BCUT2D eigenvalue weighted by molar-refractivity contribution is 5.71. The van der Waals surface area contributed by atoms with E-state index in [0.29, 0.717) is 19.3 Å². The lowest BCUT2D eigenvalue weighted by molar-refractivity contribution is -0.167. The van der Waals surface area contributed by atoms with Crippen LogP contribution in [0, 0.1) is 0 Å². The van der Waals surface area contributed by atoms with Gasteiger partial charge in [-0.1, -0.05) is 211 Å². The molecule has 0 aliphatic carbocycles. The summed E-state index contributed by atoms with van der Waals surface area (Å²) in [4.78, 5) is 38.1. The average Bonchev–Trinajstić information content (AvgIpc) is 3.37. The fourth-order valence-electron chi connectivity index (χ4n) is 6.80. The van der Waals surface area contributed by atoms with Gasteiger partial charge in [-0.25, -0.2) is 0 Å². The smallest absolute Gasteiger partial charge is 0.306 e. The van der Waals surface area contributed by atoms with E-state index in [4.69, 9.17) is 14.2 Å². The molecule has 0 saturated carbocycles. The number of carbonyl (C=O) groups is 3. The summed E-state index contributed by atoms with van der Waals surface area (Å²) in [5, 5.41) is 0. The molecule has 0 aliphatic heterocycles. The highest BCUT2D eigenvalue weighted by Crippen LogP contribution is 2.10. The van der Waals surface area contributed by atoms with Gasteiger partial charge >= 0.3 is 17.9 Å². The van der Waals surface area contributed by atoms with Gasteiger partial charge in [0.2, 0.25) is 0 Å². The van der Waals surface area contributed by atoms with Crippen molar-refractivity contribution in [3.8, 4) is 0 Å². The van der Waals surface area contributed by atoms with E-state index >= 15 is 0 Å². The van der Waals surface area contributed by atoms with Gasteiger partial charge < -0.3 is 14.2 Å². The molecule has 0 amide bonds. The zero-order valence-corrected chi connectivity index (χ0v) is 45.2. The fourth-order valence-corrected chi connectivity index (χ4v) is 6.80. The molecule has 0 fully saturated rings. The Morgan fingerprint density at radius 1 is 0.296 bits per heavy atom. The van der Waals surface area contributed by atoms with Crippen molar-refractivity contribution >= 4 is 17.9 Å². The van der Waals surface area contributed by atoms with Crippen LogP contribution < -0.4 is 0 Å². The third-order valence-electron chi connectivity index (χ3n) is 11.0. The van der Waals surface area contributed by atoms with E-state index in [9.17, 15) is 14.4 Å². The molecule has 0 heterocycles. The summed E-state index contributed by atoms with van der Waals surface area (Å²) in [5.74, 6) is -1.10. The van der Waals surface area contributed by atoms with E-state index < -0.39 is 12.1 Å². The molecule has 1 atom stereocenters. The summed E-state index contributed by atoms with van der Waals surface area (Å²) in [6.07, 6.45) is 83.8. The van der Waals surface area contributed by atoms with E-state index in [-0.39, 0.29) is 38.0 Å². The molecule has 0 N–H and O–H groups in total. The summed E-state index contributed by atoms with van der Waals surface area (Å²) in [6.45, 7) is 6.32. The second kappa shape index (κ2) is 57.6. The Kier molecular flexibility index (Phi) is 53.6. The number of rotatable bonds is 48. The van der Waals surface area contributed by atoms with Crippen molar-refractivity contribution in [2.24, 2.45) is 0 Å². The van der Waals surface area contributed by atoms with E-state index in [0.717, 1.165) is 109 Å². The van der Waals surface area contributed by atoms with Crippen LogP contribution >= 0.6 is 0 Å². The van der Waals surface area contributed by atoms with Crippen LogP contribution in [0.15, 0.2) is 158 Å². The minimum absolute atomic E-state index is 0.142. The number of allylic oxidation sites excluding steroid dienone is 26. The molecule has 0 aromatic carbocycles. The van der Waals surface area contributed by atoms with Gasteiger partial charge in [0.15, 0.2) is 6.10 Å². The van der Waals surface area contributed by atoms with Gasteiger partial charge in [-0.3, -0.25) is 14.4 Å². The lowest BCUT2D eigenvalue weighted by Crippen LogP contribution is -2.30. The maximum atomic E-state index is 12.8. The molecule has 0 aromatic heterocycles. The lowest BCUT2D eigenvalue weighted by atomic mass is 10.1. The molecular weight excluding hydrogens is 877 g/mol. The van der Waals surface area contributed by atoms with Crippen LogP contribution in [0.2, 0.25) is 0 Å². The largest absolute Gasteiger partial charge is 0.462 e. The van der Waals surface area contributed by atoms with Gasteiger partial charge in [-0.05, 0) is 141 Å². The molecule has 0 spiro atoms. The Balaban J connectivity index is 4.66. The van der Waals surface area contributed by atoms with Gasteiger partial charge in [0.25, 0.3) is 0 Å². The maximum Gasteiger partial charge on any atom is 0.306 e. The third kappa shape index (κ3) is 55.8. The van der Waals surface area contributed by atoms with Crippen LogP contribution in [-0.2, 0) is 28.6 Å². The summed E-state index contributed by atoms with van der Waals surface area (Å²) >= 11 is 0. The van der Waals surface area contributed by atoms with Crippen molar-refractivity contribution in [3.05, 3.63) is 158 Å². The number of unbranched alkanes of at least 4 members (excludes halogenated alkanes) is 11. The first-order chi connectivity index (χ1) is 35.0. The topological polar surface area (TPSA) is 78.9 Å². The first kappa shape index (κ1) is 66.0. The predicted molar refractivity (Wildman–Crippen MR) is 306 cm³/mol. The molecule has 0 bridgehead atoms. The SMILES string of the molecule is CC/C=C/C/C=C/C/C=C/C/C=C/C/C=C/CCCCCC(=O)OC[C@@H](COC(=O)CCC/C=C/C/C=C/C/C=C/C/C=C/CCCCC)OC(=O)CCC/C=C/C/C=C/C/C=C/C/C=C/CCCCC. The Morgan fingerprint density at radius 3 is 0.887 bits per heavy atom. The van der Waals surface area contributed by atoms with E-state index in [1.54, 1.807) is 0 Å². The zero-order chi connectivity index (χ0) is 51.4. The van der Waals surface area contributed by atoms with Gasteiger partial charge in [0.05, 0.1) is 0 Å². The second-order valence-electron chi connectivity index (χ2n) is 17.7. The minimum Gasteiger partial charge on any atom is -0.462 e. The Labute approximate surface area is 435 Å². The molecule has 0 rings (SSSR count). The Morgan fingerprint density at radius 2 is 0.563 bits per heavy atom. The predicted octanol–water partition coefficient (Wildman–Crippen LogP) is 19.0. The van der Waals surface area contributed by atoms with Gasteiger partial charge in [-0.2, -0.15) is 0 Å². The minimum atomic E-state index is -0.851. The number of hydrogen-bond donors (Lipinski definition) is 0. The highest BCUT2D eigenvalue weighted by Gasteiger charge is 2.19. The van der Waals surface area contributed by atoms with Crippen LogP contribution in [0.4, 0.5) is 0 Å². The van der Waals surface area contributed by atoms with Crippen molar-refractivity contribution < 1.29 is 28.6 Å². The molecule has 0 aliphatic rings. The van der Waals surface area contributed by atoms with Crippen LogP contribution in [-0.4, -0.2) is 37.2 Å². The summed E-state index contributed by atoms with van der Waals surface area (Å²) in [6, 6.07) is 0. The first-order valence-corrected chi connectivity index (χ1v) is 28.0. The molecule has 0 saturated heterocycles. The van der Waals surface area contributed by atoms with Crippen molar-refractivity contribution in [2.75, 3.05) is 13.2 Å². The van der Waals surface area contributed by atoms with Crippen molar-refractivity contribution in [1.82, 2.24) is 0 Å². The Bertz CT molecular complexity index is 1640. The van der Waals surface area contributed by atoms with E-state index in [1.165, 1.54) is 51.4 Å². The van der Waals surface area contributed by atoms with Gasteiger partial charge in [0, 0.05) is 19.3 Å². The fraction of sp³-hybridized carbons (Fsp3) is 0.554. The van der Waals surface area contributed by atoms with Crippen molar-refractivity contribution in [3.63, 3.8) is 0 Å². The molecule has 0 radical (unpaired) electrons. The van der Waals surface area contributed by atoms with E-state index in [2.05, 4.69) is 179 Å². The summed E-state index contributed by atoms with van der Waals surface area (Å²) in [5.41, 5.74) is 0. The normalized spacial score (nSPS) is 13.3. The summed E-state index contributed by atoms with van der Waals surface area (Å²) in [7, 11) is 0. The average molecular weight is 978 g/mol. The highest BCUT2D eigenvalue weighted by atomic mass is 16.6. The number of hydrogen-bond acceptors (Lipinski definition) is 6. The Hall–Kier alpha value is -4.97. The number of ether oxygens (including phenoxy) is 3. The second-order valence-corrected chi connectivity index (χ2v) is 17.7. The van der Waals surface area contributed by atoms with Gasteiger partial charge in [0.1, 0.15) is 13.2 Å². The molecule has 0 unspecified atom stereocenters. The molecule has 6 heteroatoms. The quantitative estimate of drug-likeness (QED) is 0.0262. The standard InChI is InChI=1S/C65H100O6/c1-4-7-10-13-16-19-22-25-28-31-32-35-37-40-43-46-49-52-55-58-64(67)70-61-62(71-65(68)59-56-53-50-47-44-41-38-34-30-27-24-21-18-15-12-9-6-3)60-69-63(66)57-54-51-48-45-42-39-36-33-29-26-23-20-17-14-11-8-5-2/h7,10,16-21,25-30,32,35-36,38-41,43,45,47-48,50,62H,4-6,8-9,11-15,22-24,31,33-34,37,42,44,46,49,51-61H2,1-3H3/b10-7+,19-16+,20-17+,21-18+,28-25+,29-26+,30-27+,35-32+,39-36+,41-38+,43-40+,48-45+,50-47+/t62-/m1/s1. The van der Waals surface area contributed by atoms with Crippen LogP contribution in [0.3, 0.4) is 0 Å². The van der Waals surface area contributed by atoms with Crippen LogP contribution in [0.25, 0.3) is 0 Å². The van der Waals surface area contributed by atoms with E-state index in [1.807, 2.05) is 0 Å². The molecule has 71 heavy (non-hydrogen) atoms. The molecule has 396 valence electrons. The van der Waals surface area contributed by atoms with Crippen molar-refractivity contribution in [2.45, 2.75) is 219 Å². The van der Waals surface area contributed by atoms with Gasteiger partial charge in [-0.15, -0.1) is 0 Å². The number of esters is 3. The first-order valence-electron chi connectivity index (χ1n) is 28.0. The molecule has 0 aromatic rings. The maximum absolute atomic E-state index is 12.8.